The van der Waals surface area contributed by atoms with Gasteiger partial charge in [0.25, 0.3) is 0 Å². The lowest BCUT2D eigenvalue weighted by Gasteiger charge is -2.12. The Labute approximate surface area is 119 Å². The summed E-state index contributed by atoms with van der Waals surface area (Å²) in [5.41, 5.74) is 0.646. The van der Waals surface area contributed by atoms with Gasteiger partial charge in [0.05, 0.1) is 6.10 Å². The lowest BCUT2D eigenvalue weighted by molar-refractivity contribution is 0.174. The molecule has 0 heterocycles. The van der Waals surface area contributed by atoms with E-state index in [2.05, 4.69) is 0 Å². The average Bonchev–Trinajstić information content (AvgIpc) is 2.38. The summed E-state index contributed by atoms with van der Waals surface area (Å²) in [6.07, 6.45) is -0.846. The molecule has 0 saturated carbocycles. The van der Waals surface area contributed by atoms with E-state index in [9.17, 15) is 18.3 Å². The van der Waals surface area contributed by atoms with E-state index in [1.54, 1.807) is 0 Å². The van der Waals surface area contributed by atoms with Gasteiger partial charge in [-0.2, -0.15) is 0 Å². The summed E-state index contributed by atoms with van der Waals surface area (Å²) >= 11 is 5.85. The monoisotopic (exact) mass is 300 g/mol. The van der Waals surface area contributed by atoms with Crippen LogP contribution in [0.15, 0.2) is 36.4 Å². The highest BCUT2D eigenvalue weighted by Crippen LogP contribution is 2.21. The molecule has 1 atom stereocenters. The van der Waals surface area contributed by atoms with Crippen LogP contribution in [0.25, 0.3) is 0 Å². The maximum atomic E-state index is 13.5. The van der Waals surface area contributed by atoms with E-state index < -0.39 is 23.6 Å². The molecule has 0 aliphatic carbocycles. The predicted molar refractivity (Wildman–Crippen MR) is 71.2 cm³/mol. The third-order valence-electron chi connectivity index (χ3n) is 2.96. The van der Waals surface area contributed by atoms with Gasteiger partial charge in [0.1, 0.15) is 5.82 Å². The molecule has 0 aromatic heterocycles. The Morgan fingerprint density at radius 3 is 2.40 bits per heavy atom. The Morgan fingerprint density at radius 1 is 1.00 bits per heavy atom. The molecule has 2 aromatic rings. The van der Waals surface area contributed by atoms with Gasteiger partial charge in [-0.05, 0) is 29.3 Å². The zero-order chi connectivity index (χ0) is 14.7. The molecule has 2 rings (SSSR count). The summed E-state index contributed by atoms with van der Waals surface area (Å²) in [7, 11) is 0. The van der Waals surface area contributed by atoms with Gasteiger partial charge in [-0.3, -0.25) is 0 Å². The van der Waals surface area contributed by atoms with Crippen molar-refractivity contribution in [3.8, 4) is 0 Å². The second-order valence-electron chi connectivity index (χ2n) is 4.51. The highest BCUT2D eigenvalue weighted by Gasteiger charge is 2.14. The minimum absolute atomic E-state index is 0.0443. The maximum absolute atomic E-state index is 13.5. The van der Waals surface area contributed by atoms with E-state index in [0.717, 1.165) is 12.1 Å². The zero-order valence-corrected chi connectivity index (χ0v) is 11.2. The molecule has 0 radical (unpaired) electrons. The van der Waals surface area contributed by atoms with Gasteiger partial charge in [-0.1, -0.05) is 29.8 Å². The van der Waals surface area contributed by atoms with Crippen LogP contribution in [0.1, 0.15) is 11.1 Å². The van der Waals surface area contributed by atoms with Gasteiger partial charge in [-0.25, -0.2) is 13.2 Å². The fourth-order valence-corrected chi connectivity index (χ4v) is 2.22. The molecular weight excluding hydrogens is 289 g/mol. The molecule has 5 heteroatoms. The molecule has 1 nitrogen and oxygen atoms in total. The minimum atomic E-state index is -0.961. The van der Waals surface area contributed by atoms with Crippen molar-refractivity contribution in [1.29, 1.82) is 0 Å². The van der Waals surface area contributed by atoms with Crippen molar-refractivity contribution in [1.82, 2.24) is 0 Å². The van der Waals surface area contributed by atoms with E-state index in [-0.39, 0.29) is 23.4 Å². The van der Waals surface area contributed by atoms with Crippen LogP contribution in [-0.2, 0) is 12.8 Å². The van der Waals surface area contributed by atoms with Crippen LogP contribution in [0.4, 0.5) is 13.2 Å². The van der Waals surface area contributed by atoms with Crippen LogP contribution >= 0.6 is 11.6 Å². The fraction of sp³-hybridized carbons (Fsp3) is 0.200. The summed E-state index contributed by atoms with van der Waals surface area (Å²) in [5, 5.41) is 10.1. The Kier molecular flexibility index (Phi) is 4.68. The van der Waals surface area contributed by atoms with E-state index in [1.165, 1.54) is 24.3 Å². The molecule has 0 amide bonds. The van der Waals surface area contributed by atoms with Crippen LogP contribution in [0.2, 0.25) is 5.02 Å². The molecule has 106 valence electrons. The first kappa shape index (κ1) is 14.9. The molecule has 20 heavy (non-hydrogen) atoms. The van der Waals surface area contributed by atoms with E-state index in [4.69, 9.17) is 11.6 Å². The first-order valence-corrected chi connectivity index (χ1v) is 6.40. The Bertz CT molecular complexity index is 616. The minimum Gasteiger partial charge on any atom is -0.392 e. The normalized spacial score (nSPS) is 12.4. The molecule has 0 bridgehead atoms. The summed E-state index contributed by atoms with van der Waals surface area (Å²) in [6.45, 7) is 0. The third kappa shape index (κ3) is 3.52. The molecule has 0 saturated heterocycles. The Hall–Kier alpha value is -1.52. The first-order valence-electron chi connectivity index (χ1n) is 6.02. The molecule has 0 aliphatic rings. The second-order valence-corrected chi connectivity index (χ2v) is 4.92. The first-order chi connectivity index (χ1) is 9.47. The highest BCUT2D eigenvalue weighted by molar-refractivity contribution is 6.31. The van der Waals surface area contributed by atoms with Crippen LogP contribution in [0.3, 0.4) is 0 Å². The molecule has 0 spiro atoms. The van der Waals surface area contributed by atoms with Crippen molar-refractivity contribution in [2.45, 2.75) is 18.9 Å². The second kappa shape index (κ2) is 6.29. The van der Waals surface area contributed by atoms with Gasteiger partial charge in [-0.15, -0.1) is 0 Å². The van der Waals surface area contributed by atoms with Crippen LogP contribution < -0.4 is 0 Å². The summed E-state index contributed by atoms with van der Waals surface area (Å²) in [6, 6.07) is 7.65. The Morgan fingerprint density at radius 2 is 1.70 bits per heavy atom. The van der Waals surface area contributed by atoms with Crippen LogP contribution in [0.5, 0.6) is 0 Å². The number of aliphatic hydroxyl groups excluding tert-OH is 1. The topological polar surface area (TPSA) is 20.2 Å². The van der Waals surface area contributed by atoms with Gasteiger partial charge >= 0.3 is 0 Å². The number of halogens is 4. The number of benzene rings is 2. The van der Waals surface area contributed by atoms with Crippen LogP contribution in [0, 0.1) is 17.5 Å². The lowest BCUT2D eigenvalue weighted by atomic mass is 10.0. The predicted octanol–water partition coefficient (Wildman–Crippen LogP) is 3.90. The van der Waals surface area contributed by atoms with Gasteiger partial charge in [0.15, 0.2) is 11.6 Å². The zero-order valence-electron chi connectivity index (χ0n) is 10.4. The number of aliphatic hydroxyl groups is 1. The summed E-state index contributed by atoms with van der Waals surface area (Å²) in [4.78, 5) is 0. The smallest absolute Gasteiger partial charge is 0.162 e. The van der Waals surface area contributed by atoms with Crippen molar-refractivity contribution in [2.24, 2.45) is 0 Å². The summed E-state index contributed by atoms with van der Waals surface area (Å²) < 4.78 is 39.4. The highest BCUT2D eigenvalue weighted by atomic mass is 35.5. The quantitative estimate of drug-likeness (QED) is 0.908. The van der Waals surface area contributed by atoms with Crippen molar-refractivity contribution in [3.63, 3.8) is 0 Å². The number of rotatable bonds is 4. The van der Waals surface area contributed by atoms with Crippen molar-refractivity contribution in [3.05, 3.63) is 70.0 Å². The van der Waals surface area contributed by atoms with Gasteiger partial charge in [0.2, 0.25) is 0 Å². The molecule has 1 N–H and O–H groups in total. The number of hydrogen-bond acceptors (Lipinski definition) is 1. The van der Waals surface area contributed by atoms with E-state index >= 15 is 0 Å². The lowest BCUT2D eigenvalue weighted by Crippen LogP contribution is -2.15. The standard InChI is InChI=1S/C15H12ClF3O/c16-13-8-11(17)5-4-9(13)6-12(20)7-10-2-1-3-14(18)15(10)19/h1-5,8,12,20H,6-7H2. The van der Waals surface area contributed by atoms with Gasteiger partial charge in [0, 0.05) is 17.9 Å². The summed E-state index contributed by atoms with van der Waals surface area (Å²) in [5.74, 6) is -2.38. The fourth-order valence-electron chi connectivity index (χ4n) is 1.97. The maximum Gasteiger partial charge on any atom is 0.162 e. The van der Waals surface area contributed by atoms with Crippen molar-refractivity contribution < 1.29 is 18.3 Å². The molecule has 1 unspecified atom stereocenters. The molecule has 2 aromatic carbocycles. The molecular formula is C15H12ClF3O. The third-order valence-corrected chi connectivity index (χ3v) is 3.31. The molecule has 0 aliphatic heterocycles. The van der Waals surface area contributed by atoms with E-state index in [0.29, 0.717) is 5.56 Å². The largest absolute Gasteiger partial charge is 0.392 e. The van der Waals surface area contributed by atoms with Crippen LogP contribution in [-0.4, -0.2) is 11.2 Å². The van der Waals surface area contributed by atoms with Crippen molar-refractivity contribution >= 4 is 11.6 Å². The number of hydrogen-bond donors (Lipinski definition) is 1. The van der Waals surface area contributed by atoms with E-state index in [1.807, 2.05) is 0 Å². The Balaban J connectivity index is 2.09. The molecule has 0 fully saturated rings. The van der Waals surface area contributed by atoms with Gasteiger partial charge < -0.3 is 5.11 Å². The average molecular weight is 301 g/mol. The SMILES string of the molecule is OC(Cc1ccc(F)cc1Cl)Cc1cccc(F)c1F. The van der Waals surface area contributed by atoms with Crippen molar-refractivity contribution in [2.75, 3.05) is 0 Å².